The van der Waals surface area contributed by atoms with E-state index in [1.54, 1.807) is 23.0 Å². The van der Waals surface area contributed by atoms with E-state index in [1.165, 1.54) is 0 Å². The monoisotopic (exact) mass is 357 g/mol. The molecule has 1 aromatic heterocycles. The number of aliphatic hydroxyl groups is 1. The van der Waals surface area contributed by atoms with Crippen LogP contribution < -0.4 is 16.3 Å². The van der Waals surface area contributed by atoms with Gasteiger partial charge in [-0.3, -0.25) is 9.36 Å². The van der Waals surface area contributed by atoms with Crippen molar-refractivity contribution in [3.05, 3.63) is 33.8 Å². The molecule has 1 saturated carbocycles. The summed E-state index contributed by atoms with van der Waals surface area (Å²) >= 11 is 6.07. The number of fused-ring (bicyclic) bond motifs is 1. The van der Waals surface area contributed by atoms with E-state index >= 15 is 0 Å². The molecule has 2 heterocycles. The third kappa shape index (κ3) is 3.35. The van der Waals surface area contributed by atoms with Crippen LogP contribution in [0.5, 0.6) is 0 Å². The van der Waals surface area contributed by atoms with Gasteiger partial charge in [0, 0.05) is 17.6 Å². The summed E-state index contributed by atoms with van der Waals surface area (Å²) in [6.45, 7) is 1.58. The van der Waals surface area contributed by atoms with Crippen molar-refractivity contribution in [3.8, 4) is 0 Å². The highest BCUT2D eigenvalue weighted by Crippen LogP contribution is 2.51. The van der Waals surface area contributed by atoms with Gasteiger partial charge in [0.05, 0.1) is 23.3 Å². The van der Waals surface area contributed by atoms with Gasteiger partial charge >= 0.3 is 0 Å². The van der Waals surface area contributed by atoms with Gasteiger partial charge in [0.25, 0.3) is 5.56 Å². The van der Waals surface area contributed by atoms with Crippen molar-refractivity contribution in [2.45, 2.75) is 50.8 Å². The smallest absolute Gasteiger partial charge is 0.261 e. The minimum absolute atomic E-state index is 0.0762. The number of hydrogen-bond donors (Lipinski definition) is 2. The Morgan fingerprint density at radius 3 is 2.96 bits per heavy atom. The number of benzene rings is 1. The van der Waals surface area contributed by atoms with E-state index in [4.69, 9.17) is 19.4 Å². The Balaban J connectivity index is 1.59. The molecular formula is C18H21BClN3O2. The summed E-state index contributed by atoms with van der Waals surface area (Å²) in [7, 11) is 5.79. The van der Waals surface area contributed by atoms with Crippen LogP contribution in [0.25, 0.3) is 10.9 Å². The second-order valence-electron chi connectivity index (χ2n) is 7.54. The number of piperidine rings is 1. The van der Waals surface area contributed by atoms with Crippen LogP contribution in [0.2, 0.25) is 5.02 Å². The molecule has 5 nitrogen and oxygen atoms in total. The maximum absolute atomic E-state index is 12.8. The molecule has 0 amide bonds. The average Bonchev–Trinajstić information content (AvgIpc) is 3.34. The van der Waals surface area contributed by atoms with E-state index in [9.17, 15) is 9.90 Å². The number of rotatable bonds is 4. The fourth-order valence-electron chi connectivity index (χ4n) is 3.88. The average molecular weight is 358 g/mol. The highest BCUT2D eigenvalue weighted by atomic mass is 35.5. The third-order valence-electron chi connectivity index (χ3n) is 5.61. The van der Waals surface area contributed by atoms with Crippen molar-refractivity contribution >= 4 is 35.8 Å². The fourth-order valence-corrected chi connectivity index (χ4v) is 4.05. The van der Waals surface area contributed by atoms with Crippen LogP contribution in [0.1, 0.15) is 32.1 Å². The molecule has 1 aliphatic carbocycles. The normalized spacial score (nSPS) is 25.2. The van der Waals surface area contributed by atoms with Gasteiger partial charge in [0.15, 0.2) is 0 Å². The van der Waals surface area contributed by atoms with Crippen LogP contribution >= 0.6 is 11.6 Å². The molecule has 1 aliphatic heterocycles. The summed E-state index contributed by atoms with van der Waals surface area (Å²) in [5.41, 5.74) is 0.981. The number of nitrogens with zero attached hydrogens (tertiary/aromatic N) is 2. The number of nitrogens with one attached hydrogen (secondary N) is 1. The summed E-state index contributed by atoms with van der Waals surface area (Å²) in [5, 5.41) is 14.5. The lowest BCUT2D eigenvalue weighted by molar-refractivity contribution is 0.0793. The molecule has 4 rings (SSSR count). The number of aromatic nitrogens is 2. The third-order valence-corrected chi connectivity index (χ3v) is 5.93. The number of hydrogen-bond acceptors (Lipinski definition) is 4. The number of halogens is 1. The van der Waals surface area contributed by atoms with Crippen LogP contribution in [0.4, 0.5) is 0 Å². The van der Waals surface area contributed by atoms with Gasteiger partial charge in [-0.2, -0.15) is 0 Å². The lowest BCUT2D eigenvalue weighted by Crippen LogP contribution is -2.46. The zero-order valence-corrected chi connectivity index (χ0v) is 14.8. The van der Waals surface area contributed by atoms with Crippen LogP contribution in [0.3, 0.4) is 0 Å². The largest absolute Gasteiger partial charge is 0.392 e. The minimum Gasteiger partial charge on any atom is -0.392 e. The Hall–Kier alpha value is -1.37. The molecule has 2 N–H and O–H groups in total. The molecule has 1 saturated heterocycles. The zero-order valence-electron chi connectivity index (χ0n) is 14.0. The summed E-state index contributed by atoms with van der Waals surface area (Å²) < 4.78 is 1.68. The van der Waals surface area contributed by atoms with Gasteiger partial charge in [0.1, 0.15) is 7.85 Å². The Morgan fingerprint density at radius 1 is 1.44 bits per heavy atom. The second-order valence-corrected chi connectivity index (χ2v) is 7.95. The molecular weight excluding hydrogens is 336 g/mol. The topological polar surface area (TPSA) is 67.2 Å². The van der Waals surface area contributed by atoms with Gasteiger partial charge < -0.3 is 10.4 Å². The Labute approximate surface area is 152 Å². The maximum Gasteiger partial charge on any atom is 0.261 e. The molecule has 7 heteroatoms. The van der Waals surface area contributed by atoms with E-state index < -0.39 is 0 Å². The van der Waals surface area contributed by atoms with Crippen LogP contribution in [0.15, 0.2) is 23.3 Å². The molecule has 2 radical (unpaired) electrons. The molecule has 2 atom stereocenters. The molecule has 2 unspecified atom stereocenters. The Morgan fingerprint density at radius 2 is 2.24 bits per heavy atom. The van der Waals surface area contributed by atoms with Gasteiger partial charge in [0.2, 0.25) is 0 Å². The molecule has 130 valence electrons. The first-order valence-corrected chi connectivity index (χ1v) is 9.21. The molecule has 25 heavy (non-hydrogen) atoms. The Bertz CT molecular complexity index is 865. The van der Waals surface area contributed by atoms with E-state index in [-0.39, 0.29) is 23.1 Å². The van der Waals surface area contributed by atoms with Crippen molar-refractivity contribution < 1.29 is 5.11 Å². The van der Waals surface area contributed by atoms with Crippen molar-refractivity contribution in [2.75, 3.05) is 6.54 Å². The molecule has 2 fully saturated rings. The first-order valence-electron chi connectivity index (χ1n) is 8.83. The summed E-state index contributed by atoms with van der Waals surface area (Å²) in [4.78, 5) is 17.2. The first kappa shape index (κ1) is 17.1. The van der Waals surface area contributed by atoms with Gasteiger partial charge in [-0.1, -0.05) is 17.1 Å². The van der Waals surface area contributed by atoms with Crippen LogP contribution in [0, 0.1) is 5.41 Å². The van der Waals surface area contributed by atoms with Gasteiger partial charge in [-0.25, -0.2) is 4.98 Å². The van der Waals surface area contributed by atoms with Crippen molar-refractivity contribution in [1.82, 2.24) is 14.9 Å². The van der Waals surface area contributed by atoms with Crippen molar-refractivity contribution in [3.63, 3.8) is 0 Å². The van der Waals surface area contributed by atoms with E-state index in [1.807, 2.05) is 0 Å². The lowest BCUT2D eigenvalue weighted by atomic mass is 9.89. The maximum atomic E-state index is 12.8. The summed E-state index contributed by atoms with van der Waals surface area (Å²) in [5.74, 6) is 0. The number of aliphatic hydroxyl groups excluding tert-OH is 1. The lowest BCUT2D eigenvalue weighted by Gasteiger charge is -2.32. The molecule has 2 aliphatic rings. The quantitative estimate of drug-likeness (QED) is 0.805. The molecule has 0 spiro atoms. The van der Waals surface area contributed by atoms with Crippen molar-refractivity contribution in [1.29, 1.82) is 0 Å². The standard InChI is InChI=1S/C18H21BClN3O2/c19-12-7-14-11(6-13(12)20)17(25)23(10-22-14)9-18(3-4-18)8-15-16(24)2-1-5-21-15/h6-7,10,15-16,21,24H,1-5,8-9H2. The summed E-state index contributed by atoms with van der Waals surface area (Å²) in [6.07, 6.45) is 6.22. The first-order chi connectivity index (χ1) is 12.0. The highest BCUT2D eigenvalue weighted by molar-refractivity contribution is 6.45. The predicted octanol–water partition coefficient (Wildman–Crippen LogP) is 1.13. The second kappa shape index (κ2) is 6.42. The van der Waals surface area contributed by atoms with Crippen molar-refractivity contribution in [2.24, 2.45) is 5.41 Å². The van der Waals surface area contributed by atoms with E-state index in [0.29, 0.717) is 27.9 Å². The molecule has 2 aromatic rings. The minimum atomic E-state index is -0.292. The van der Waals surface area contributed by atoms with Crippen LogP contribution in [-0.4, -0.2) is 41.2 Å². The molecule has 0 bridgehead atoms. The van der Waals surface area contributed by atoms with E-state index in [2.05, 4.69) is 10.3 Å². The SMILES string of the molecule is [B]c1cc2ncn(CC3(CC4NCCCC4O)CC3)c(=O)c2cc1Cl. The Kier molecular flexibility index (Phi) is 4.38. The van der Waals surface area contributed by atoms with Gasteiger partial charge in [-0.15, -0.1) is 0 Å². The van der Waals surface area contributed by atoms with E-state index in [0.717, 1.165) is 38.6 Å². The van der Waals surface area contributed by atoms with Gasteiger partial charge in [-0.05, 0) is 56.2 Å². The predicted molar refractivity (Wildman–Crippen MR) is 99.7 cm³/mol. The fraction of sp³-hybridized carbons (Fsp3) is 0.556. The molecule has 1 aromatic carbocycles. The zero-order chi connectivity index (χ0) is 17.6. The highest BCUT2D eigenvalue weighted by Gasteiger charge is 2.46. The van der Waals surface area contributed by atoms with Crippen LogP contribution in [-0.2, 0) is 6.54 Å². The summed E-state index contributed by atoms with van der Waals surface area (Å²) in [6, 6.07) is 3.36.